The largest absolute Gasteiger partial charge is 0.353 e. The normalized spacial score (nSPS) is 19.8. The molecule has 1 unspecified atom stereocenters. The summed E-state index contributed by atoms with van der Waals surface area (Å²) in [6, 6.07) is 8.54. The number of fused-ring (bicyclic) bond motifs is 1. The fourth-order valence-corrected chi connectivity index (χ4v) is 2.21. The lowest BCUT2D eigenvalue weighted by molar-refractivity contribution is 0.125. The standard InChI is InChI=1S/C14H20N2/c1-14(2,3)16-10-9-11-7-5-6-8-12(11)13(16)15-4/h5-10,13,15H,1-4H3. The molecule has 1 aliphatic heterocycles. The summed E-state index contributed by atoms with van der Waals surface area (Å²) in [6.07, 6.45) is 4.64. The molecule has 0 saturated heterocycles. The van der Waals surface area contributed by atoms with Crippen LogP contribution in [0.15, 0.2) is 30.5 Å². The van der Waals surface area contributed by atoms with Gasteiger partial charge in [0.05, 0.1) is 0 Å². The van der Waals surface area contributed by atoms with Crippen LogP contribution in [0, 0.1) is 0 Å². The number of hydrogen-bond donors (Lipinski definition) is 1. The first kappa shape index (κ1) is 11.2. The van der Waals surface area contributed by atoms with Gasteiger partial charge in [-0.1, -0.05) is 24.3 Å². The quantitative estimate of drug-likeness (QED) is 0.776. The van der Waals surface area contributed by atoms with Crippen molar-refractivity contribution in [2.75, 3.05) is 7.05 Å². The molecule has 0 spiro atoms. The third kappa shape index (κ3) is 1.85. The Kier molecular flexibility index (Phi) is 2.76. The van der Waals surface area contributed by atoms with Crippen molar-refractivity contribution in [1.29, 1.82) is 0 Å². The van der Waals surface area contributed by atoms with E-state index in [0.717, 1.165) is 0 Å². The summed E-state index contributed by atoms with van der Waals surface area (Å²) < 4.78 is 0. The lowest BCUT2D eigenvalue weighted by Crippen LogP contribution is -2.46. The molecule has 0 saturated carbocycles. The maximum Gasteiger partial charge on any atom is 0.106 e. The Morgan fingerprint density at radius 3 is 2.50 bits per heavy atom. The van der Waals surface area contributed by atoms with E-state index >= 15 is 0 Å². The molecule has 1 N–H and O–H groups in total. The van der Waals surface area contributed by atoms with Gasteiger partial charge in [0.2, 0.25) is 0 Å². The molecule has 2 nitrogen and oxygen atoms in total. The molecule has 2 rings (SSSR count). The van der Waals surface area contributed by atoms with Crippen molar-refractivity contribution >= 4 is 6.08 Å². The van der Waals surface area contributed by atoms with Crippen molar-refractivity contribution in [3.8, 4) is 0 Å². The molecule has 1 heterocycles. The number of nitrogens with one attached hydrogen (secondary N) is 1. The van der Waals surface area contributed by atoms with Gasteiger partial charge in [-0.15, -0.1) is 0 Å². The first-order chi connectivity index (χ1) is 7.54. The van der Waals surface area contributed by atoms with Crippen molar-refractivity contribution in [2.45, 2.75) is 32.5 Å². The zero-order valence-corrected chi connectivity index (χ0v) is 10.5. The summed E-state index contributed by atoms with van der Waals surface area (Å²) in [7, 11) is 2.01. The molecule has 1 aromatic rings. The van der Waals surface area contributed by atoms with Crippen molar-refractivity contribution in [3.63, 3.8) is 0 Å². The summed E-state index contributed by atoms with van der Waals surface area (Å²) in [5.41, 5.74) is 2.78. The number of benzene rings is 1. The Morgan fingerprint density at radius 1 is 1.19 bits per heavy atom. The Balaban J connectivity index is 2.44. The van der Waals surface area contributed by atoms with Gasteiger partial charge in [-0.2, -0.15) is 0 Å². The van der Waals surface area contributed by atoms with Gasteiger partial charge in [-0.3, -0.25) is 5.32 Å². The van der Waals surface area contributed by atoms with E-state index in [1.165, 1.54) is 11.1 Å². The van der Waals surface area contributed by atoms with Gasteiger partial charge in [0.1, 0.15) is 6.17 Å². The van der Waals surface area contributed by atoms with E-state index in [9.17, 15) is 0 Å². The zero-order chi connectivity index (χ0) is 11.8. The highest BCUT2D eigenvalue weighted by Gasteiger charge is 2.29. The number of hydrogen-bond acceptors (Lipinski definition) is 2. The van der Waals surface area contributed by atoms with Crippen LogP contribution < -0.4 is 5.32 Å². The van der Waals surface area contributed by atoms with Crippen LogP contribution in [0.2, 0.25) is 0 Å². The Labute approximate surface area is 98.0 Å². The molecule has 0 radical (unpaired) electrons. The van der Waals surface area contributed by atoms with Gasteiger partial charge >= 0.3 is 0 Å². The van der Waals surface area contributed by atoms with Crippen molar-refractivity contribution < 1.29 is 0 Å². The monoisotopic (exact) mass is 216 g/mol. The Hall–Kier alpha value is -1.28. The van der Waals surface area contributed by atoms with E-state index in [1.54, 1.807) is 0 Å². The van der Waals surface area contributed by atoms with Crippen LogP contribution in [0.5, 0.6) is 0 Å². The first-order valence-corrected chi connectivity index (χ1v) is 5.77. The molecule has 1 aliphatic rings. The molecule has 16 heavy (non-hydrogen) atoms. The second-order valence-electron chi connectivity index (χ2n) is 5.21. The molecule has 0 aromatic heterocycles. The minimum absolute atomic E-state index is 0.123. The van der Waals surface area contributed by atoms with E-state index in [2.05, 4.69) is 67.5 Å². The van der Waals surface area contributed by atoms with Crippen LogP contribution in [0.3, 0.4) is 0 Å². The molecule has 0 bridgehead atoms. The Bertz CT molecular complexity index is 401. The fraction of sp³-hybridized carbons (Fsp3) is 0.429. The SMILES string of the molecule is CNC1c2ccccc2C=CN1C(C)(C)C. The average molecular weight is 216 g/mol. The van der Waals surface area contributed by atoms with Gasteiger partial charge < -0.3 is 4.90 Å². The lowest BCUT2D eigenvalue weighted by atomic mass is 9.96. The number of nitrogens with zero attached hydrogens (tertiary/aromatic N) is 1. The molecule has 1 aromatic carbocycles. The van der Waals surface area contributed by atoms with Crippen LogP contribution in [0.25, 0.3) is 6.08 Å². The third-order valence-electron chi connectivity index (χ3n) is 3.03. The summed E-state index contributed by atoms with van der Waals surface area (Å²) in [5, 5.41) is 3.39. The maximum absolute atomic E-state index is 3.39. The topological polar surface area (TPSA) is 15.3 Å². The van der Waals surface area contributed by atoms with Crippen LogP contribution >= 0.6 is 0 Å². The lowest BCUT2D eigenvalue weighted by Gasteiger charge is -2.43. The second kappa shape index (κ2) is 3.95. The highest BCUT2D eigenvalue weighted by Crippen LogP contribution is 2.32. The molecule has 2 heteroatoms. The fourth-order valence-electron chi connectivity index (χ4n) is 2.21. The highest BCUT2D eigenvalue weighted by molar-refractivity contribution is 5.57. The minimum atomic E-state index is 0.123. The smallest absolute Gasteiger partial charge is 0.106 e. The predicted molar refractivity (Wildman–Crippen MR) is 68.9 cm³/mol. The van der Waals surface area contributed by atoms with Crippen LogP contribution in [-0.2, 0) is 0 Å². The van der Waals surface area contributed by atoms with E-state index < -0.39 is 0 Å². The molecule has 0 amide bonds. The van der Waals surface area contributed by atoms with E-state index in [-0.39, 0.29) is 11.7 Å². The van der Waals surface area contributed by atoms with Gasteiger partial charge in [0, 0.05) is 11.7 Å². The van der Waals surface area contributed by atoms with Crippen LogP contribution in [-0.4, -0.2) is 17.5 Å². The summed E-state index contributed by atoms with van der Waals surface area (Å²) in [5.74, 6) is 0. The molecule has 1 atom stereocenters. The van der Waals surface area contributed by atoms with Crippen molar-refractivity contribution in [1.82, 2.24) is 10.2 Å². The highest BCUT2D eigenvalue weighted by atomic mass is 15.3. The van der Waals surface area contributed by atoms with Gasteiger partial charge in [-0.05, 0) is 45.0 Å². The van der Waals surface area contributed by atoms with Crippen molar-refractivity contribution in [2.24, 2.45) is 0 Å². The summed E-state index contributed by atoms with van der Waals surface area (Å²) >= 11 is 0. The van der Waals surface area contributed by atoms with Crippen LogP contribution in [0.1, 0.15) is 38.1 Å². The van der Waals surface area contributed by atoms with Gasteiger partial charge in [0.25, 0.3) is 0 Å². The van der Waals surface area contributed by atoms with Crippen LogP contribution in [0.4, 0.5) is 0 Å². The second-order valence-corrected chi connectivity index (χ2v) is 5.21. The molecule has 0 fully saturated rings. The third-order valence-corrected chi connectivity index (χ3v) is 3.03. The molecular weight excluding hydrogens is 196 g/mol. The van der Waals surface area contributed by atoms with Gasteiger partial charge in [-0.25, -0.2) is 0 Å². The first-order valence-electron chi connectivity index (χ1n) is 5.77. The predicted octanol–water partition coefficient (Wildman–Crippen LogP) is 2.99. The molecule has 86 valence electrons. The minimum Gasteiger partial charge on any atom is -0.353 e. The van der Waals surface area contributed by atoms with E-state index in [0.29, 0.717) is 0 Å². The van der Waals surface area contributed by atoms with Gasteiger partial charge in [0.15, 0.2) is 0 Å². The number of rotatable bonds is 1. The maximum atomic E-state index is 3.39. The van der Waals surface area contributed by atoms with E-state index in [4.69, 9.17) is 0 Å². The average Bonchev–Trinajstić information content (AvgIpc) is 2.26. The van der Waals surface area contributed by atoms with E-state index in [1.807, 2.05) is 7.05 Å². The summed E-state index contributed by atoms with van der Waals surface area (Å²) in [4.78, 5) is 2.36. The molecule has 0 aliphatic carbocycles. The summed E-state index contributed by atoms with van der Waals surface area (Å²) in [6.45, 7) is 6.70. The zero-order valence-electron chi connectivity index (χ0n) is 10.5. The van der Waals surface area contributed by atoms with Crippen molar-refractivity contribution in [3.05, 3.63) is 41.6 Å². The molecular formula is C14H20N2. The Morgan fingerprint density at radius 2 is 1.88 bits per heavy atom.